The van der Waals surface area contributed by atoms with Gasteiger partial charge in [-0.05, 0) is 48.0 Å². The molecule has 1 N–H and O–H groups in total. The molecule has 2 aromatic carbocycles. The summed E-state index contributed by atoms with van der Waals surface area (Å²) in [6, 6.07) is 16.7. The van der Waals surface area contributed by atoms with Gasteiger partial charge in [-0.1, -0.05) is 39.7 Å². The number of rotatable bonds is 7. The van der Waals surface area contributed by atoms with Crippen LogP contribution in [0.3, 0.4) is 0 Å². The number of amides is 1. The molecule has 0 fully saturated rings. The number of carbonyl (C=O) groups is 1. The lowest BCUT2D eigenvalue weighted by Gasteiger charge is -2.06. The Balaban J connectivity index is 1.33. The Bertz CT molecular complexity index is 1160. The van der Waals surface area contributed by atoms with Gasteiger partial charge in [0.05, 0.1) is 18.4 Å². The van der Waals surface area contributed by atoms with Crippen LogP contribution in [0.2, 0.25) is 5.02 Å². The van der Waals surface area contributed by atoms with Gasteiger partial charge in [0, 0.05) is 21.9 Å². The summed E-state index contributed by atoms with van der Waals surface area (Å²) in [4.78, 5) is 12.5. The predicted molar refractivity (Wildman–Crippen MR) is 118 cm³/mol. The van der Waals surface area contributed by atoms with Gasteiger partial charge in [0.15, 0.2) is 12.4 Å². The molecule has 0 spiro atoms. The number of aromatic nitrogens is 4. The van der Waals surface area contributed by atoms with E-state index in [1.165, 1.54) is 0 Å². The van der Waals surface area contributed by atoms with Gasteiger partial charge in [-0.2, -0.15) is 10.2 Å². The number of hydrogen-bond donors (Lipinski definition) is 1. The summed E-state index contributed by atoms with van der Waals surface area (Å²) in [6.45, 7) is 0.755. The fourth-order valence-electron chi connectivity index (χ4n) is 2.76. The number of carbonyl (C=O) groups excluding carboxylic acids is 1. The first-order chi connectivity index (χ1) is 14.5. The maximum absolute atomic E-state index is 12.5. The second-order valence-corrected chi connectivity index (χ2v) is 7.83. The second kappa shape index (κ2) is 9.15. The number of hydrogen-bond acceptors (Lipinski definition) is 4. The molecule has 0 unspecified atom stereocenters. The third-order valence-corrected chi connectivity index (χ3v) is 4.94. The Morgan fingerprint density at radius 1 is 1.13 bits per heavy atom. The summed E-state index contributed by atoms with van der Waals surface area (Å²) in [7, 11) is 0. The van der Waals surface area contributed by atoms with Crippen molar-refractivity contribution in [2.75, 3.05) is 5.32 Å². The highest BCUT2D eigenvalue weighted by Gasteiger charge is 2.11. The standard InChI is InChI=1S/C21H17BrClN5O2/c22-16-4-6-19(7-5-16)30-14-27-9-8-20(26-27)21(29)25-18-11-24-28(13-18)12-15-2-1-3-17(23)10-15/h1-11,13H,12,14H2,(H,25,29). The van der Waals surface area contributed by atoms with E-state index in [0.717, 1.165) is 10.0 Å². The zero-order valence-corrected chi connectivity index (χ0v) is 18.0. The van der Waals surface area contributed by atoms with Crippen molar-refractivity contribution in [3.05, 3.63) is 93.9 Å². The second-order valence-electron chi connectivity index (χ2n) is 6.48. The molecule has 152 valence electrons. The van der Waals surface area contributed by atoms with Crippen molar-refractivity contribution < 1.29 is 9.53 Å². The summed E-state index contributed by atoms with van der Waals surface area (Å²) in [5, 5.41) is 12.0. The minimum absolute atomic E-state index is 0.201. The Morgan fingerprint density at radius 2 is 1.97 bits per heavy atom. The third kappa shape index (κ3) is 5.28. The largest absolute Gasteiger partial charge is 0.471 e. The summed E-state index contributed by atoms with van der Waals surface area (Å²) in [6.07, 6.45) is 5.04. The molecular formula is C21H17BrClN5O2. The van der Waals surface area contributed by atoms with Gasteiger partial charge in [0.2, 0.25) is 0 Å². The molecule has 0 aliphatic rings. The molecule has 0 saturated heterocycles. The number of nitrogens with one attached hydrogen (secondary N) is 1. The van der Waals surface area contributed by atoms with Crippen LogP contribution in [0.5, 0.6) is 5.75 Å². The third-order valence-electron chi connectivity index (χ3n) is 4.18. The normalized spacial score (nSPS) is 10.7. The quantitative estimate of drug-likeness (QED) is 0.406. The van der Waals surface area contributed by atoms with Gasteiger partial charge in [0.1, 0.15) is 5.75 Å². The Labute approximate surface area is 186 Å². The van der Waals surface area contributed by atoms with E-state index in [2.05, 4.69) is 31.4 Å². The van der Waals surface area contributed by atoms with Gasteiger partial charge >= 0.3 is 0 Å². The van der Waals surface area contributed by atoms with Gasteiger partial charge < -0.3 is 10.1 Å². The maximum Gasteiger partial charge on any atom is 0.276 e. The number of benzene rings is 2. The molecule has 2 heterocycles. The topological polar surface area (TPSA) is 74.0 Å². The average Bonchev–Trinajstić information content (AvgIpc) is 3.37. The van der Waals surface area contributed by atoms with Crippen LogP contribution in [0.4, 0.5) is 5.69 Å². The van der Waals surface area contributed by atoms with Crippen molar-refractivity contribution in [1.29, 1.82) is 0 Å². The number of ether oxygens (including phenoxy) is 1. The Kier molecular flexibility index (Phi) is 6.15. The van der Waals surface area contributed by atoms with E-state index in [4.69, 9.17) is 16.3 Å². The van der Waals surface area contributed by atoms with Gasteiger partial charge in [-0.25, -0.2) is 4.68 Å². The van der Waals surface area contributed by atoms with E-state index < -0.39 is 0 Å². The lowest BCUT2D eigenvalue weighted by Crippen LogP contribution is -2.14. The minimum atomic E-state index is -0.320. The molecule has 1 amide bonds. The van der Waals surface area contributed by atoms with E-state index in [1.54, 1.807) is 34.0 Å². The van der Waals surface area contributed by atoms with Crippen LogP contribution in [0.25, 0.3) is 0 Å². The molecule has 0 bridgehead atoms. The van der Waals surface area contributed by atoms with E-state index in [9.17, 15) is 4.79 Å². The molecule has 0 atom stereocenters. The van der Waals surface area contributed by atoms with Crippen LogP contribution in [0.1, 0.15) is 16.1 Å². The molecule has 9 heteroatoms. The van der Waals surface area contributed by atoms with Crippen LogP contribution in [-0.2, 0) is 13.3 Å². The van der Waals surface area contributed by atoms with Crippen molar-refractivity contribution in [3.8, 4) is 5.75 Å². The summed E-state index contributed by atoms with van der Waals surface area (Å²) in [5.41, 5.74) is 1.90. The first-order valence-corrected chi connectivity index (χ1v) is 10.2. The summed E-state index contributed by atoms with van der Waals surface area (Å²) >= 11 is 9.39. The van der Waals surface area contributed by atoms with E-state index in [1.807, 2.05) is 48.5 Å². The van der Waals surface area contributed by atoms with Gasteiger partial charge in [0.25, 0.3) is 5.91 Å². The Morgan fingerprint density at radius 3 is 2.77 bits per heavy atom. The van der Waals surface area contributed by atoms with E-state index in [-0.39, 0.29) is 18.3 Å². The highest BCUT2D eigenvalue weighted by atomic mass is 79.9. The van der Waals surface area contributed by atoms with Crippen molar-refractivity contribution in [1.82, 2.24) is 19.6 Å². The minimum Gasteiger partial charge on any atom is -0.471 e. The van der Waals surface area contributed by atoms with Gasteiger partial charge in [-0.15, -0.1) is 0 Å². The highest BCUT2D eigenvalue weighted by Crippen LogP contribution is 2.17. The molecule has 4 aromatic rings. The van der Waals surface area contributed by atoms with E-state index in [0.29, 0.717) is 23.0 Å². The predicted octanol–water partition coefficient (Wildman–Crippen LogP) is 4.83. The molecule has 30 heavy (non-hydrogen) atoms. The van der Waals surface area contributed by atoms with Crippen molar-refractivity contribution in [2.45, 2.75) is 13.3 Å². The van der Waals surface area contributed by atoms with Crippen LogP contribution in [0, 0.1) is 0 Å². The molecule has 0 aliphatic carbocycles. The lowest BCUT2D eigenvalue weighted by molar-refractivity contribution is 0.102. The van der Waals surface area contributed by atoms with E-state index >= 15 is 0 Å². The highest BCUT2D eigenvalue weighted by molar-refractivity contribution is 9.10. The zero-order chi connectivity index (χ0) is 20.9. The summed E-state index contributed by atoms with van der Waals surface area (Å²) in [5.74, 6) is 0.395. The number of nitrogens with zero attached hydrogens (tertiary/aromatic N) is 4. The molecule has 0 saturated carbocycles. The fraction of sp³-hybridized carbons (Fsp3) is 0.0952. The SMILES string of the molecule is O=C(Nc1cnn(Cc2cccc(Cl)c2)c1)c1ccn(COc2ccc(Br)cc2)n1. The van der Waals surface area contributed by atoms with Crippen LogP contribution >= 0.6 is 27.5 Å². The molecule has 2 aromatic heterocycles. The zero-order valence-electron chi connectivity index (χ0n) is 15.7. The fourth-order valence-corrected chi connectivity index (χ4v) is 3.24. The molecule has 4 rings (SSSR count). The lowest BCUT2D eigenvalue weighted by atomic mass is 10.2. The molecule has 0 aliphatic heterocycles. The maximum atomic E-state index is 12.5. The molecular weight excluding hydrogens is 470 g/mol. The van der Waals surface area contributed by atoms with Gasteiger partial charge in [-0.3, -0.25) is 9.48 Å². The van der Waals surface area contributed by atoms with Crippen molar-refractivity contribution in [2.24, 2.45) is 0 Å². The smallest absolute Gasteiger partial charge is 0.276 e. The Hall–Kier alpha value is -3.10. The first-order valence-electron chi connectivity index (χ1n) is 9.05. The van der Waals surface area contributed by atoms with Crippen LogP contribution in [-0.4, -0.2) is 25.5 Å². The number of anilines is 1. The van der Waals surface area contributed by atoms with Crippen LogP contribution < -0.4 is 10.1 Å². The molecule has 7 nitrogen and oxygen atoms in total. The number of halogens is 2. The van der Waals surface area contributed by atoms with Crippen molar-refractivity contribution >= 4 is 39.1 Å². The summed E-state index contributed by atoms with van der Waals surface area (Å²) < 4.78 is 9.91. The monoisotopic (exact) mass is 485 g/mol. The average molecular weight is 487 g/mol. The first kappa shape index (κ1) is 20.2. The van der Waals surface area contributed by atoms with Crippen molar-refractivity contribution in [3.63, 3.8) is 0 Å². The molecule has 0 radical (unpaired) electrons. The van der Waals surface area contributed by atoms with Crippen LogP contribution in [0.15, 0.2) is 77.7 Å².